The topological polar surface area (TPSA) is 91.2 Å². The van der Waals surface area contributed by atoms with Crippen molar-refractivity contribution >= 4 is 15.8 Å². The van der Waals surface area contributed by atoms with Crippen molar-refractivity contribution in [1.82, 2.24) is 15.0 Å². The van der Waals surface area contributed by atoms with Crippen LogP contribution in [0.3, 0.4) is 0 Å². The maximum Gasteiger partial charge on any atom is 0.360 e. The van der Waals surface area contributed by atoms with Crippen molar-refractivity contribution in [1.29, 1.82) is 0 Å². The number of aromatic nitrogens is 3. The molecule has 1 rings (SSSR count). The molecule has 0 atom stereocenters. The van der Waals surface area contributed by atoms with Gasteiger partial charge in [-0.25, -0.2) is 17.9 Å². The number of ether oxygens (including phenoxy) is 1. The van der Waals surface area contributed by atoms with Crippen LogP contribution in [-0.2, 0) is 27.5 Å². The molecule has 7 nitrogen and oxygen atoms in total. The molecule has 0 saturated carbocycles. The molecule has 0 aliphatic heterocycles. The van der Waals surface area contributed by atoms with Gasteiger partial charge in [0.15, 0.2) is 5.69 Å². The maximum absolute atomic E-state index is 11.5. The van der Waals surface area contributed by atoms with Gasteiger partial charge in [-0.2, -0.15) is 0 Å². The lowest BCUT2D eigenvalue weighted by Crippen LogP contribution is -2.14. The van der Waals surface area contributed by atoms with Crippen LogP contribution in [0.2, 0.25) is 0 Å². The highest BCUT2D eigenvalue weighted by atomic mass is 32.2. The molecule has 1 aromatic rings. The van der Waals surface area contributed by atoms with E-state index in [4.69, 9.17) is 0 Å². The Morgan fingerprint density at radius 3 is 2.58 bits per heavy atom. The Morgan fingerprint density at radius 2 is 2.05 bits per heavy atom. The van der Waals surface area contributed by atoms with Gasteiger partial charge in [0, 0.05) is 12.3 Å². The van der Waals surface area contributed by atoms with Gasteiger partial charge in [0.1, 0.15) is 9.84 Å². The van der Waals surface area contributed by atoms with Crippen molar-refractivity contribution in [2.45, 2.75) is 33.2 Å². The predicted molar refractivity (Wildman–Crippen MR) is 69.7 cm³/mol. The van der Waals surface area contributed by atoms with E-state index in [1.165, 1.54) is 7.11 Å². The van der Waals surface area contributed by atoms with Crippen molar-refractivity contribution in [3.05, 3.63) is 11.4 Å². The Kier molecular flexibility index (Phi) is 5.46. The Hall–Kier alpha value is -1.44. The monoisotopic (exact) mass is 289 g/mol. The first kappa shape index (κ1) is 15.6. The molecule has 0 unspecified atom stereocenters. The Morgan fingerprint density at radius 1 is 1.37 bits per heavy atom. The molecule has 108 valence electrons. The predicted octanol–water partition coefficient (Wildman–Crippen LogP) is 0.452. The molecule has 0 aliphatic carbocycles. The van der Waals surface area contributed by atoms with Crippen LogP contribution >= 0.6 is 0 Å². The summed E-state index contributed by atoms with van der Waals surface area (Å²) in [4.78, 5) is 11.5. The minimum Gasteiger partial charge on any atom is -0.464 e. The summed E-state index contributed by atoms with van der Waals surface area (Å²) in [6, 6.07) is 0. The molecule has 1 aromatic heterocycles. The van der Waals surface area contributed by atoms with E-state index in [0.717, 1.165) is 0 Å². The van der Waals surface area contributed by atoms with Crippen LogP contribution in [-0.4, -0.2) is 48.0 Å². The maximum atomic E-state index is 11.5. The first-order chi connectivity index (χ1) is 8.95. The molecule has 1 heterocycles. The quantitative estimate of drug-likeness (QED) is 0.677. The second-order valence-electron chi connectivity index (χ2n) is 4.04. The van der Waals surface area contributed by atoms with Crippen LogP contribution in [0.4, 0.5) is 0 Å². The second kappa shape index (κ2) is 6.65. The van der Waals surface area contributed by atoms with Crippen LogP contribution < -0.4 is 0 Å². The van der Waals surface area contributed by atoms with Crippen molar-refractivity contribution in [3.8, 4) is 0 Å². The number of methoxy groups -OCH3 is 1. The number of carbonyl (C=O) groups excluding carboxylic acids is 1. The van der Waals surface area contributed by atoms with Crippen molar-refractivity contribution in [2.24, 2.45) is 0 Å². The third-order valence-electron chi connectivity index (χ3n) is 2.82. The fraction of sp³-hybridized carbons (Fsp3) is 0.727. The first-order valence-corrected chi connectivity index (χ1v) is 7.98. The van der Waals surface area contributed by atoms with E-state index in [9.17, 15) is 13.2 Å². The number of hydrogen-bond acceptors (Lipinski definition) is 6. The second-order valence-corrected chi connectivity index (χ2v) is 6.52. The molecule has 0 bridgehead atoms. The molecular weight excluding hydrogens is 270 g/mol. The van der Waals surface area contributed by atoms with E-state index >= 15 is 0 Å². The zero-order valence-electron chi connectivity index (χ0n) is 11.4. The smallest absolute Gasteiger partial charge is 0.360 e. The van der Waals surface area contributed by atoms with Crippen molar-refractivity contribution in [2.75, 3.05) is 18.6 Å². The zero-order chi connectivity index (χ0) is 14.5. The van der Waals surface area contributed by atoms with Crippen molar-refractivity contribution in [3.63, 3.8) is 0 Å². The molecule has 0 aliphatic rings. The molecule has 0 radical (unpaired) electrons. The Bertz CT molecular complexity index is 536. The molecule has 0 N–H and O–H groups in total. The lowest BCUT2D eigenvalue weighted by molar-refractivity contribution is 0.0592. The van der Waals surface area contributed by atoms with Gasteiger partial charge in [-0.3, -0.25) is 0 Å². The fourth-order valence-electron chi connectivity index (χ4n) is 1.70. The standard InChI is InChI=1S/C11H19N3O4S/c1-4-9-10(11(15)18-3)12-13-14(9)7-6-8-19(16,17)5-2/h4-8H2,1-3H3. The molecule has 0 aromatic carbocycles. The molecule has 0 saturated heterocycles. The van der Waals surface area contributed by atoms with E-state index in [1.54, 1.807) is 11.6 Å². The van der Waals surface area contributed by atoms with E-state index in [0.29, 0.717) is 25.1 Å². The summed E-state index contributed by atoms with van der Waals surface area (Å²) in [5, 5.41) is 7.65. The van der Waals surface area contributed by atoms with Crippen LogP contribution in [0.1, 0.15) is 36.5 Å². The van der Waals surface area contributed by atoms with E-state index < -0.39 is 15.8 Å². The largest absolute Gasteiger partial charge is 0.464 e. The number of esters is 1. The van der Waals surface area contributed by atoms with Gasteiger partial charge in [-0.1, -0.05) is 19.1 Å². The highest BCUT2D eigenvalue weighted by Gasteiger charge is 2.19. The highest BCUT2D eigenvalue weighted by Crippen LogP contribution is 2.09. The van der Waals surface area contributed by atoms with Crippen LogP contribution in [0, 0.1) is 0 Å². The lowest BCUT2D eigenvalue weighted by atomic mass is 10.2. The van der Waals surface area contributed by atoms with Gasteiger partial charge < -0.3 is 4.74 Å². The van der Waals surface area contributed by atoms with E-state index in [1.807, 2.05) is 6.92 Å². The van der Waals surface area contributed by atoms with Gasteiger partial charge >= 0.3 is 5.97 Å². The average Bonchev–Trinajstić information content (AvgIpc) is 2.80. The Balaban J connectivity index is 2.75. The lowest BCUT2D eigenvalue weighted by Gasteiger charge is -2.05. The van der Waals surface area contributed by atoms with Gasteiger partial charge in [0.2, 0.25) is 0 Å². The molecule has 0 amide bonds. The number of carbonyl (C=O) groups is 1. The molecule has 19 heavy (non-hydrogen) atoms. The third kappa shape index (κ3) is 4.02. The van der Waals surface area contributed by atoms with E-state index in [2.05, 4.69) is 15.0 Å². The summed E-state index contributed by atoms with van der Waals surface area (Å²) in [5.74, 6) is -0.275. The number of aryl methyl sites for hydroxylation is 1. The number of hydrogen-bond donors (Lipinski definition) is 0. The minimum absolute atomic E-state index is 0.111. The average molecular weight is 289 g/mol. The normalized spacial score (nSPS) is 11.5. The van der Waals surface area contributed by atoms with Crippen molar-refractivity contribution < 1.29 is 17.9 Å². The number of rotatable bonds is 7. The Labute approximate surface area is 112 Å². The van der Waals surface area contributed by atoms with Gasteiger partial charge in [0.25, 0.3) is 0 Å². The summed E-state index contributed by atoms with van der Waals surface area (Å²) < 4.78 is 29.0. The van der Waals surface area contributed by atoms with Crippen LogP contribution in [0.25, 0.3) is 0 Å². The molecular formula is C11H19N3O4S. The van der Waals surface area contributed by atoms with Gasteiger partial charge in [-0.05, 0) is 12.8 Å². The minimum atomic E-state index is -2.98. The molecule has 8 heteroatoms. The summed E-state index contributed by atoms with van der Waals surface area (Å²) in [7, 11) is -1.69. The van der Waals surface area contributed by atoms with Crippen LogP contribution in [0.15, 0.2) is 0 Å². The first-order valence-electron chi connectivity index (χ1n) is 6.16. The summed E-state index contributed by atoms with van der Waals surface area (Å²) in [5.41, 5.74) is 0.865. The third-order valence-corrected chi connectivity index (χ3v) is 4.61. The zero-order valence-corrected chi connectivity index (χ0v) is 12.2. The molecule has 0 fully saturated rings. The van der Waals surface area contributed by atoms with E-state index in [-0.39, 0.29) is 17.2 Å². The van der Waals surface area contributed by atoms with Crippen LogP contribution in [0.5, 0.6) is 0 Å². The summed E-state index contributed by atoms with van der Waals surface area (Å²) in [6.45, 7) is 3.93. The summed E-state index contributed by atoms with van der Waals surface area (Å²) in [6.07, 6.45) is 1.03. The van der Waals surface area contributed by atoms with Gasteiger partial charge in [0.05, 0.1) is 18.6 Å². The summed E-state index contributed by atoms with van der Waals surface area (Å²) >= 11 is 0. The highest BCUT2D eigenvalue weighted by molar-refractivity contribution is 7.91. The number of nitrogens with zero attached hydrogens (tertiary/aromatic N) is 3. The molecule has 0 spiro atoms. The van der Waals surface area contributed by atoms with Gasteiger partial charge in [-0.15, -0.1) is 5.10 Å². The SMILES string of the molecule is CCc1c(C(=O)OC)nnn1CCCS(=O)(=O)CC. The number of sulfone groups is 1. The fourth-order valence-corrected chi connectivity index (χ4v) is 2.55.